The van der Waals surface area contributed by atoms with Crippen molar-refractivity contribution in [1.82, 2.24) is 19.9 Å². The van der Waals surface area contributed by atoms with Crippen molar-refractivity contribution in [3.05, 3.63) is 195 Å². The summed E-state index contributed by atoms with van der Waals surface area (Å²) in [6.45, 7) is 0. The number of nitrogens with zero attached hydrogens (tertiary/aromatic N) is 4. The summed E-state index contributed by atoms with van der Waals surface area (Å²) in [5.74, 6) is 0. The van der Waals surface area contributed by atoms with Gasteiger partial charge in [-0.05, 0) is 83.2 Å². The fourth-order valence-corrected chi connectivity index (χ4v) is 16.0. The van der Waals surface area contributed by atoms with E-state index in [9.17, 15) is 0 Å². The Bertz CT molecular complexity index is 3940. The van der Waals surface area contributed by atoms with Gasteiger partial charge in [0.25, 0.3) is 0 Å². The van der Waals surface area contributed by atoms with E-state index in [-0.39, 0.29) is 0 Å². The van der Waals surface area contributed by atoms with Gasteiger partial charge in [0.15, 0.2) is 16.7 Å². The molecule has 0 saturated heterocycles. The van der Waals surface area contributed by atoms with Crippen LogP contribution in [0.3, 0.4) is 0 Å². The van der Waals surface area contributed by atoms with Crippen LogP contribution in [-0.4, -0.2) is 28.0 Å². The Morgan fingerprint density at radius 2 is 0.831 bits per heavy atom. The van der Waals surface area contributed by atoms with E-state index < -0.39 is 8.07 Å². The molecule has 0 spiro atoms. The molecule has 0 atom stereocenters. The van der Waals surface area contributed by atoms with Gasteiger partial charge in [-0.2, -0.15) is 0 Å². The Balaban J connectivity index is 1.02. The van der Waals surface area contributed by atoms with Gasteiger partial charge < -0.3 is 13.3 Å². The minimum Gasteiger partial charge on any atom is -0.455 e. The molecule has 0 saturated carbocycles. The number of rotatable bonds is 6. The van der Waals surface area contributed by atoms with E-state index in [1.807, 2.05) is 55.1 Å². The molecule has 0 unspecified atom stereocenters. The summed E-state index contributed by atoms with van der Waals surface area (Å²) in [6.07, 6.45) is 7.61. The normalized spacial score (nSPS) is 12.3. The van der Waals surface area contributed by atoms with Crippen LogP contribution in [-0.2, 0) is 0 Å². The van der Waals surface area contributed by atoms with E-state index >= 15 is 0 Å². The maximum absolute atomic E-state index is 7.05. The average molecular weight is 869 g/mol. The van der Waals surface area contributed by atoms with Crippen molar-refractivity contribution in [2.75, 3.05) is 0 Å². The third-order valence-electron chi connectivity index (χ3n) is 13.0. The molecule has 9 heteroatoms. The van der Waals surface area contributed by atoms with Gasteiger partial charge in [-0.15, -0.1) is 11.3 Å². The molecule has 304 valence electrons. The molecule has 0 radical (unpaired) electrons. The number of hydrogen-bond donors (Lipinski definition) is 0. The highest BCUT2D eigenvalue weighted by molar-refractivity contribution is 7.26. The monoisotopic (exact) mass is 868 g/mol. The maximum Gasteiger partial charge on any atom is 0.233 e. The summed E-state index contributed by atoms with van der Waals surface area (Å²) < 4.78 is 22.9. The zero-order valence-corrected chi connectivity index (χ0v) is 36.2. The van der Waals surface area contributed by atoms with Crippen molar-refractivity contribution < 1.29 is 13.3 Å². The van der Waals surface area contributed by atoms with Gasteiger partial charge in [-0.1, -0.05) is 97.1 Å². The van der Waals surface area contributed by atoms with E-state index in [4.69, 9.17) is 33.2 Å². The fraction of sp³-hybridized carbons (Fsp3) is 0. The van der Waals surface area contributed by atoms with Crippen molar-refractivity contribution >= 4 is 126 Å². The lowest BCUT2D eigenvalue weighted by Crippen LogP contribution is -2.76. The van der Waals surface area contributed by atoms with Crippen LogP contribution in [0.5, 0.6) is 0 Å². The molecule has 14 aromatic rings. The molecule has 0 bridgehead atoms. The minimum absolute atomic E-state index is 0.716. The Morgan fingerprint density at radius 3 is 1.48 bits per heavy atom. The summed E-state index contributed by atoms with van der Waals surface area (Å²) in [7, 11) is -3.47. The van der Waals surface area contributed by atoms with Gasteiger partial charge in [-0.3, -0.25) is 19.9 Å². The number of benzene rings is 6. The summed E-state index contributed by atoms with van der Waals surface area (Å²) in [6, 6.07) is 59.0. The van der Waals surface area contributed by atoms with Crippen LogP contribution in [0, 0.1) is 0 Å². The van der Waals surface area contributed by atoms with Crippen LogP contribution < -0.4 is 21.0 Å². The van der Waals surface area contributed by atoms with Crippen molar-refractivity contribution in [3.8, 4) is 22.5 Å². The average Bonchev–Trinajstić information content (AvgIpc) is 4.15. The summed E-state index contributed by atoms with van der Waals surface area (Å²) >= 11 is 1.78. The molecule has 6 aromatic carbocycles. The number of para-hydroxylation sites is 1. The van der Waals surface area contributed by atoms with Gasteiger partial charge in [0.1, 0.15) is 22.4 Å². The predicted octanol–water partition coefficient (Wildman–Crippen LogP) is 12.0. The Kier molecular flexibility index (Phi) is 7.74. The molecular weight excluding hydrogens is 837 g/mol. The third kappa shape index (κ3) is 5.22. The highest BCUT2D eigenvalue weighted by Gasteiger charge is 2.49. The number of furan rings is 3. The fourth-order valence-electron chi connectivity index (χ4n) is 10.2. The molecule has 8 aromatic heterocycles. The molecule has 7 nitrogen and oxygen atoms in total. The first-order valence-corrected chi connectivity index (χ1v) is 24.3. The van der Waals surface area contributed by atoms with Gasteiger partial charge in [0.05, 0.1) is 21.0 Å². The van der Waals surface area contributed by atoms with Gasteiger partial charge in [0.2, 0.25) is 8.07 Å². The second kappa shape index (κ2) is 13.9. The molecule has 65 heavy (non-hydrogen) atoms. The lowest BCUT2D eigenvalue weighted by Gasteiger charge is -2.31. The maximum atomic E-state index is 7.05. The van der Waals surface area contributed by atoms with Crippen molar-refractivity contribution in [2.45, 2.75) is 0 Å². The van der Waals surface area contributed by atoms with Crippen LogP contribution in [0.4, 0.5) is 0 Å². The number of thiophene rings is 1. The molecule has 14 rings (SSSR count). The van der Waals surface area contributed by atoms with Gasteiger partial charge in [0, 0.05) is 83.7 Å². The molecule has 0 amide bonds. The van der Waals surface area contributed by atoms with E-state index in [1.165, 1.54) is 20.2 Å². The lowest BCUT2D eigenvalue weighted by molar-refractivity contribution is 0.667. The largest absolute Gasteiger partial charge is 0.455 e. The lowest BCUT2D eigenvalue weighted by atomic mass is 10.1. The summed E-state index contributed by atoms with van der Waals surface area (Å²) in [5, 5.41) is 12.3. The van der Waals surface area contributed by atoms with E-state index in [2.05, 4.69) is 140 Å². The first-order chi connectivity index (χ1) is 32.2. The zero-order valence-electron chi connectivity index (χ0n) is 34.4. The Hall–Kier alpha value is -8.24. The number of pyridine rings is 4. The summed E-state index contributed by atoms with van der Waals surface area (Å²) in [4.78, 5) is 20.5. The van der Waals surface area contributed by atoms with E-state index in [0.29, 0.717) is 5.58 Å². The number of fused-ring (bicyclic) bond motifs is 12. The second-order valence-electron chi connectivity index (χ2n) is 16.4. The first kappa shape index (κ1) is 36.3. The standard InChI is InChI=1S/C56H32N4O3SSi/c1-3-11-35(12-4-1)65(36-13-5-2-6-14-36,55-52-40(24-29-59-55)43-31-33(19-21-46(43)62-52)49-51-39(23-27-57-49)37-15-7-9-17-45(37)61-51)56-53-41(25-30-60-56)44-32-34(20-22-47(44)63-53)50-54-42(26-28-58-50)38-16-8-10-18-48(38)64-54/h1-32H. The van der Waals surface area contributed by atoms with Crippen molar-refractivity contribution in [2.24, 2.45) is 0 Å². The predicted molar refractivity (Wildman–Crippen MR) is 267 cm³/mol. The molecule has 0 aliphatic rings. The van der Waals surface area contributed by atoms with E-state index in [0.717, 1.165) is 104 Å². The molecule has 0 N–H and O–H groups in total. The molecule has 0 aliphatic carbocycles. The summed E-state index contributed by atoms with van der Waals surface area (Å²) in [5.41, 5.74) is 8.28. The quantitative estimate of drug-likeness (QED) is 0.154. The topological polar surface area (TPSA) is 91.0 Å². The van der Waals surface area contributed by atoms with Gasteiger partial charge >= 0.3 is 0 Å². The second-order valence-corrected chi connectivity index (χ2v) is 21.1. The van der Waals surface area contributed by atoms with E-state index in [1.54, 1.807) is 11.3 Å². The SMILES string of the molecule is c1ccc([Si](c2ccccc2)(c2nccc3c2oc2ccc(-c4nccc5c4oc4ccccc45)cc23)c2nccc3c2oc2ccc(-c4nccc5c4sc4ccccc45)cc23)cc1. The van der Waals surface area contributed by atoms with Crippen LogP contribution in [0.15, 0.2) is 208 Å². The smallest absolute Gasteiger partial charge is 0.233 e. The number of aromatic nitrogens is 4. The minimum atomic E-state index is -3.47. The highest BCUT2D eigenvalue weighted by atomic mass is 32.1. The zero-order chi connectivity index (χ0) is 42.6. The van der Waals surface area contributed by atoms with Crippen LogP contribution >= 0.6 is 11.3 Å². The molecule has 0 fully saturated rings. The Morgan fingerprint density at radius 1 is 0.354 bits per heavy atom. The van der Waals surface area contributed by atoms with Gasteiger partial charge in [-0.25, -0.2) is 0 Å². The van der Waals surface area contributed by atoms with Crippen LogP contribution in [0.25, 0.3) is 109 Å². The van der Waals surface area contributed by atoms with Crippen molar-refractivity contribution in [1.29, 1.82) is 0 Å². The van der Waals surface area contributed by atoms with Crippen LogP contribution in [0.2, 0.25) is 0 Å². The van der Waals surface area contributed by atoms with Crippen LogP contribution in [0.1, 0.15) is 0 Å². The molecule has 0 aliphatic heterocycles. The Labute approximate surface area is 374 Å². The molecule has 8 heterocycles. The third-order valence-corrected chi connectivity index (χ3v) is 18.8. The van der Waals surface area contributed by atoms with Crippen molar-refractivity contribution in [3.63, 3.8) is 0 Å². The first-order valence-electron chi connectivity index (χ1n) is 21.5. The number of hydrogen-bond acceptors (Lipinski definition) is 8. The molecular formula is C56H32N4O3SSi. The highest BCUT2D eigenvalue weighted by Crippen LogP contribution is 2.41.